The molecule has 0 aliphatic carbocycles. The van der Waals surface area contributed by atoms with Gasteiger partial charge in [0.15, 0.2) is 5.82 Å². The summed E-state index contributed by atoms with van der Waals surface area (Å²) in [4.78, 5) is 8.68. The van der Waals surface area contributed by atoms with Gasteiger partial charge in [-0.25, -0.2) is 9.97 Å². The monoisotopic (exact) mass is 248 g/mol. The van der Waals surface area contributed by atoms with Gasteiger partial charge in [0.1, 0.15) is 5.15 Å². The number of methoxy groups -OCH3 is 1. The van der Waals surface area contributed by atoms with Crippen molar-refractivity contribution in [3.05, 3.63) is 46.7 Å². The molecule has 0 amide bonds. The van der Waals surface area contributed by atoms with Crippen LogP contribution in [0.5, 0.6) is 0 Å². The van der Waals surface area contributed by atoms with E-state index in [0.29, 0.717) is 17.6 Å². The largest absolute Gasteiger partial charge is 0.378 e. The van der Waals surface area contributed by atoms with Crippen molar-refractivity contribution in [3.8, 4) is 11.4 Å². The summed E-state index contributed by atoms with van der Waals surface area (Å²) < 4.78 is 5.06. The number of benzene rings is 1. The van der Waals surface area contributed by atoms with E-state index in [2.05, 4.69) is 9.97 Å². The number of aryl methyl sites for hydroxylation is 1. The van der Waals surface area contributed by atoms with E-state index in [0.717, 1.165) is 16.8 Å². The molecule has 1 aromatic carbocycles. The fraction of sp³-hybridized carbons (Fsp3) is 0.231. The maximum atomic E-state index is 5.98. The van der Waals surface area contributed by atoms with Gasteiger partial charge in [-0.2, -0.15) is 0 Å². The van der Waals surface area contributed by atoms with Gasteiger partial charge in [0, 0.05) is 12.7 Å². The van der Waals surface area contributed by atoms with Gasteiger partial charge in [-0.15, -0.1) is 0 Å². The van der Waals surface area contributed by atoms with Gasteiger partial charge in [0.2, 0.25) is 0 Å². The summed E-state index contributed by atoms with van der Waals surface area (Å²) in [5.41, 5.74) is 2.90. The van der Waals surface area contributed by atoms with Crippen molar-refractivity contribution in [2.45, 2.75) is 13.5 Å². The lowest BCUT2D eigenvalue weighted by molar-refractivity contribution is 0.181. The van der Waals surface area contributed by atoms with Crippen LogP contribution in [0, 0.1) is 6.92 Å². The summed E-state index contributed by atoms with van der Waals surface area (Å²) in [7, 11) is 1.63. The number of aromatic nitrogens is 2. The average Bonchev–Trinajstić information content (AvgIpc) is 2.29. The van der Waals surface area contributed by atoms with Crippen LogP contribution in [-0.2, 0) is 11.3 Å². The van der Waals surface area contributed by atoms with Crippen molar-refractivity contribution in [3.63, 3.8) is 0 Å². The molecule has 17 heavy (non-hydrogen) atoms. The molecule has 2 rings (SSSR count). The Kier molecular flexibility index (Phi) is 3.71. The molecule has 0 aliphatic heterocycles. The molecule has 0 N–H and O–H groups in total. The third-order valence-electron chi connectivity index (χ3n) is 2.43. The first-order chi connectivity index (χ1) is 8.20. The molecule has 4 heteroatoms. The number of rotatable bonds is 3. The van der Waals surface area contributed by atoms with E-state index in [1.807, 2.05) is 31.2 Å². The lowest BCUT2D eigenvalue weighted by Crippen LogP contribution is -1.98. The molecular formula is C13H13ClN2O. The molecule has 2 aromatic rings. The zero-order valence-electron chi connectivity index (χ0n) is 9.77. The Morgan fingerprint density at radius 2 is 2.00 bits per heavy atom. The molecule has 0 saturated carbocycles. The van der Waals surface area contributed by atoms with Gasteiger partial charge >= 0.3 is 0 Å². The van der Waals surface area contributed by atoms with Crippen LogP contribution in [0.25, 0.3) is 11.4 Å². The first-order valence-corrected chi connectivity index (χ1v) is 5.67. The fourth-order valence-electron chi connectivity index (χ4n) is 1.63. The quantitative estimate of drug-likeness (QED) is 0.782. The van der Waals surface area contributed by atoms with Crippen LogP contribution in [0.4, 0.5) is 0 Å². The van der Waals surface area contributed by atoms with E-state index >= 15 is 0 Å². The van der Waals surface area contributed by atoms with Crippen LogP contribution in [0.2, 0.25) is 5.15 Å². The Morgan fingerprint density at radius 3 is 2.71 bits per heavy atom. The number of hydrogen-bond donors (Lipinski definition) is 0. The van der Waals surface area contributed by atoms with E-state index < -0.39 is 0 Å². The Bertz CT molecular complexity index is 529. The molecule has 0 saturated heterocycles. The van der Waals surface area contributed by atoms with E-state index in [1.54, 1.807) is 13.2 Å². The summed E-state index contributed by atoms with van der Waals surface area (Å²) in [5.74, 6) is 0.641. The molecule has 0 atom stereocenters. The van der Waals surface area contributed by atoms with Crippen LogP contribution in [-0.4, -0.2) is 17.1 Å². The second-order valence-electron chi connectivity index (χ2n) is 3.75. The predicted octanol–water partition coefficient (Wildman–Crippen LogP) is 3.25. The van der Waals surface area contributed by atoms with E-state index in [4.69, 9.17) is 16.3 Å². The second-order valence-corrected chi connectivity index (χ2v) is 4.14. The smallest absolute Gasteiger partial charge is 0.161 e. The Hall–Kier alpha value is -1.45. The molecule has 3 nitrogen and oxygen atoms in total. The molecular weight excluding hydrogens is 236 g/mol. The molecule has 0 bridgehead atoms. The number of halogens is 1. The van der Waals surface area contributed by atoms with Crippen molar-refractivity contribution in [1.82, 2.24) is 9.97 Å². The van der Waals surface area contributed by atoms with Gasteiger partial charge in [-0.05, 0) is 18.6 Å². The molecule has 0 fully saturated rings. The number of hydrogen-bond acceptors (Lipinski definition) is 3. The predicted molar refractivity (Wildman–Crippen MR) is 67.9 cm³/mol. The first-order valence-electron chi connectivity index (χ1n) is 5.29. The van der Waals surface area contributed by atoms with Crippen molar-refractivity contribution < 1.29 is 4.74 Å². The summed E-state index contributed by atoms with van der Waals surface area (Å²) in [6.07, 6.45) is 0. The summed E-state index contributed by atoms with van der Waals surface area (Å²) in [6, 6.07) is 9.67. The highest BCUT2D eigenvalue weighted by Crippen LogP contribution is 2.21. The minimum atomic E-state index is 0.432. The molecule has 0 aliphatic rings. The summed E-state index contributed by atoms with van der Waals surface area (Å²) in [6.45, 7) is 2.46. The molecule has 1 heterocycles. The van der Waals surface area contributed by atoms with Gasteiger partial charge in [-0.1, -0.05) is 35.9 Å². The first kappa shape index (κ1) is 12.0. The molecule has 88 valence electrons. The van der Waals surface area contributed by atoms with E-state index in [-0.39, 0.29) is 0 Å². The van der Waals surface area contributed by atoms with Gasteiger partial charge in [0.05, 0.1) is 12.3 Å². The van der Waals surface area contributed by atoms with Crippen LogP contribution in [0.1, 0.15) is 11.3 Å². The van der Waals surface area contributed by atoms with Crippen molar-refractivity contribution in [2.75, 3.05) is 7.11 Å². The SMILES string of the molecule is COCc1cc(Cl)nc(-c2ccccc2C)n1. The molecule has 1 aromatic heterocycles. The summed E-state index contributed by atoms with van der Waals surface area (Å²) >= 11 is 5.98. The third-order valence-corrected chi connectivity index (χ3v) is 2.62. The highest BCUT2D eigenvalue weighted by atomic mass is 35.5. The van der Waals surface area contributed by atoms with Gasteiger partial charge in [0.25, 0.3) is 0 Å². The molecule has 0 unspecified atom stereocenters. The maximum absolute atomic E-state index is 5.98. The van der Waals surface area contributed by atoms with Gasteiger partial charge < -0.3 is 4.74 Å². The minimum absolute atomic E-state index is 0.432. The fourth-order valence-corrected chi connectivity index (χ4v) is 1.84. The zero-order valence-corrected chi connectivity index (χ0v) is 10.5. The van der Waals surface area contributed by atoms with Crippen molar-refractivity contribution in [1.29, 1.82) is 0 Å². The van der Waals surface area contributed by atoms with Crippen LogP contribution in [0.3, 0.4) is 0 Å². The Labute approximate surface area is 105 Å². The van der Waals surface area contributed by atoms with E-state index in [1.165, 1.54) is 0 Å². The highest BCUT2D eigenvalue weighted by Gasteiger charge is 2.07. The number of nitrogens with zero attached hydrogens (tertiary/aromatic N) is 2. The van der Waals surface area contributed by atoms with Crippen molar-refractivity contribution >= 4 is 11.6 Å². The zero-order chi connectivity index (χ0) is 12.3. The Balaban J connectivity index is 2.48. The maximum Gasteiger partial charge on any atom is 0.161 e. The number of ether oxygens (including phenoxy) is 1. The minimum Gasteiger partial charge on any atom is -0.378 e. The molecule has 0 radical (unpaired) electrons. The van der Waals surface area contributed by atoms with Crippen LogP contribution < -0.4 is 0 Å². The average molecular weight is 249 g/mol. The van der Waals surface area contributed by atoms with Crippen LogP contribution >= 0.6 is 11.6 Å². The topological polar surface area (TPSA) is 35.0 Å². The standard InChI is InChI=1S/C13H13ClN2O/c1-9-5-3-4-6-11(9)13-15-10(8-17-2)7-12(14)16-13/h3-7H,8H2,1-2H3. The Morgan fingerprint density at radius 1 is 1.24 bits per heavy atom. The lowest BCUT2D eigenvalue weighted by Gasteiger charge is -2.06. The highest BCUT2D eigenvalue weighted by molar-refractivity contribution is 6.29. The van der Waals surface area contributed by atoms with E-state index in [9.17, 15) is 0 Å². The van der Waals surface area contributed by atoms with Crippen LogP contribution in [0.15, 0.2) is 30.3 Å². The normalized spacial score (nSPS) is 10.5. The second kappa shape index (κ2) is 5.25. The third kappa shape index (κ3) is 2.81. The van der Waals surface area contributed by atoms with Crippen molar-refractivity contribution in [2.24, 2.45) is 0 Å². The molecule has 0 spiro atoms. The lowest BCUT2D eigenvalue weighted by atomic mass is 10.1. The van der Waals surface area contributed by atoms with Gasteiger partial charge in [-0.3, -0.25) is 0 Å². The summed E-state index contributed by atoms with van der Waals surface area (Å²) in [5, 5.41) is 0.435.